The topological polar surface area (TPSA) is 123 Å². The van der Waals surface area contributed by atoms with Crippen molar-refractivity contribution in [1.29, 1.82) is 0 Å². The van der Waals surface area contributed by atoms with Crippen molar-refractivity contribution < 1.29 is 58.9 Å². The Balaban J connectivity index is -0.0000000700. The Hall–Kier alpha value is -0.920. The fourth-order valence-electron chi connectivity index (χ4n) is 0.222. The van der Waals surface area contributed by atoms with Gasteiger partial charge < -0.3 is 25.1 Å². The number of nitrogens with zero attached hydrogens (tertiary/aromatic N) is 1. The largest absolute Gasteiger partial charge is 1.00 e. The van der Waals surface area contributed by atoms with Gasteiger partial charge in [-0.2, -0.15) is 0 Å². The molecule has 0 unspecified atom stereocenters. The van der Waals surface area contributed by atoms with Gasteiger partial charge in [0.1, 0.15) is 0 Å². The van der Waals surface area contributed by atoms with E-state index in [1.54, 1.807) is 0 Å². The van der Waals surface area contributed by atoms with Gasteiger partial charge in [0.25, 0.3) is 11.9 Å². The summed E-state index contributed by atoms with van der Waals surface area (Å²) in [5.74, 6) is -2.54. The second kappa shape index (κ2) is 16.5. The SMILES string of the molecule is CC(=O)O.CC(=O)O.CC(=O)[N-]C(C)=O.[Na+]. The van der Waals surface area contributed by atoms with Crippen LogP contribution in [0.15, 0.2) is 0 Å². The maximum atomic E-state index is 9.87. The van der Waals surface area contributed by atoms with E-state index in [0.29, 0.717) is 0 Å². The number of hydrogen-bond acceptors (Lipinski definition) is 4. The summed E-state index contributed by atoms with van der Waals surface area (Å²) in [5, 5.41) is 17.8. The molecule has 0 saturated heterocycles. The van der Waals surface area contributed by atoms with Crippen molar-refractivity contribution in [2.24, 2.45) is 0 Å². The van der Waals surface area contributed by atoms with Crippen LogP contribution in [0.4, 0.5) is 0 Å². The van der Waals surface area contributed by atoms with Gasteiger partial charge in [0.2, 0.25) is 0 Å². The number of imide groups is 1. The van der Waals surface area contributed by atoms with Crippen LogP contribution < -0.4 is 29.6 Å². The first kappa shape index (κ1) is 24.4. The summed E-state index contributed by atoms with van der Waals surface area (Å²) in [6, 6.07) is 0. The minimum atomic E-state index is -0.833. The number of carbonyl (C=O) groups is 4. The quantitative estimate of drug-likeness (QED) is 0.459. The van der Waals surface area contributed by atoms with Crippen LogP contribution in [0, 0.1) is 0 Å². The van der Waals surface area contributed by atoms with E-state index in [2.05, 4.69) is 5.32 Å². The van der Waals surface area contributed by atoms with Crippen LogP contribution in [0.3, 0.4) is 0 Å². The molecule has 0 spiro atoms. The minimum Gasteiger partial charge on any atom is -0.596 e. The molecule has 0 saturated carbocycles. The van der Waals surface area contributed by atoms with Gasteiger partial charge >= 0.3 is 29.6 Å². The molecule has 0 fully saturated rings. The Labute approximate surface area is 116 Å². The fraction of sp³-hybridized carbons (Fsp3) is 0.500. The third kappa shape index (κ3) is 201. The zero-order chi connectivity index (χ0) is 13.0. The van der Waals surface area contributed by atoms with E-state index < -0.39 is 23.8 Å². The second-order valence-corrected chi connectivity index (χ2v) is 2.19. The van der Waals surface area contributed by atoms with Crippen LogP contribution in [0.25, 0.3) is 5.32 Å². The third-order valence-corrected chi connectivity index (χ3v) is 0.315. The van der Waals surface area contributed by atoms with Crippen molar-refractivity contribution in [1.82, 2.24) is 0 Å². The normalized spacial score (nSPS) is 6.50. The number of rotatable bonds is 0. The summed E-state index contributed by atoms with van der Waals surface area (Å²) in [5.41, 5.74) is 0. The van der Waals surface area contributed by atoms with Gasteiger partial charge in [0, 0.05) is 13.8 Å². The fourth-order valence-corrected chi connectivity index (χ4v) is 0.222. The minimum absolute atomic E-state index is 0. The molecule has 88 valence electrons. The molecule has 0 radical (unpaired) electrons. The maximum absolute atomic E-state index is 9.87. The maximum Gasteiger partial charge on any atom is 1.00 e. The molecule has 16 heavy (non-hydrogen) atoms. The zero-order valence-electron chi connectivity index (χ0n) is 9.97. The predicted molar refractivity (Wildman–Crippen MR) is 51.3 cm³/mol. The first-order valence-corrected chi connectivity index (χ1v) is 3.71. The number of hydrogen-bond donors (Lipinski definition) is 2. The molecular weight excluding hydrogens is 229 g/mol. The Kier molecular flexibility index (Phi) is 25.1. The molecule has 2 amide bonds. The smallest absolute Gasteiger partial charge is 0.596 e. The zero-order valence-corrected chi connectivity index (χ0v) is 12.0. The molecule has 0 aromatic rings. The van der Waals surface area contributed by atoms with Crippen molar-refractivity contribution in [3.63, 3.8) is 0 Å². The first-order valence-electron chi connectivity index (χ1n) is 3.71. The molecule has 0 aromatic heterocycles. The van der Waals surface area contributed by atoms with E-state index in [1.165, 1.54) is 13.8 Å². The van der Waals surface area contributed by atoms with Crippen molar-refractivity contribution in [2.45, 2.75) is 27.7 Å². The molecule has 0 aromatic carbocycles. The van der Waals surface area contributed by atoms with Gasteiger partial charge in [-0.25, -0.2) is 0 Å². The van der Waals surface area contributed by atoms with Crippen molar-refractivity contribution >= 4 is 23.8 Å². The summed E-state index contributed by atoms with van der Waals surface area (Å²) in [6.45, 7) is 4.64. The van der Waals surface area contributed by atoms with Crippen molar-refractivity contribution in [3.8, 4) is 0 Å². The van der Waals surface area contributed by atoms with Crippen LogP contribution in [0.2, 0.25) is 0 Å². The molecule has 0 heterocycles. The van der Waals surface area contributed by atoms with E-state index in [1.807, 2.05) is 0 Å². The monoisotopic (exact) mass is 243 g/mol. The Morgan fingerprint density at radius 2 is 0.875 bits per heavy atom. The summed E-state index contributed by atoms with van der Waals surface area (Å²) >= 11 is 0. The molecule has 0 aliphatic heterocycles. The standard InChI is InChI=1S/C4H7NO2.2C2H4O2.Na/c1-3(6)5-4(2)7;2*1-2(3)4;/h1-2H3,(H,5,6,7);2*1H3,(H,3,4);/q;;;+1/p-1. The number of amides is 2. The summed E-state index contributed by atoms with van der Waals surface area (Å²) in [7, 11) is 0. The Morgan fingerprint density at radius 1 is 0.750 bits per heavy atom. The first-order chi connectivity index (χ1) is 6.59. The van der Waals surface area contributed by atoms with Crippen LogP contribution in [0.5, 0.6) is 0 Å². The molecule has 0 bridgehead atoms. The van der Waals surface area contributed by atoms with Gasteiger partial charge in [-0.1, -0.05) is 0 Å². The average Bonchev–Trinajstić information content (AvgIpc) is 1.78. The number of aliphatic carboxylic acids is 2. The van der Waals surface area contributed by atoms with Gasteiger partial charge in [0.15, 0.2) is 0 Å². The van der Waals surface area contributed by atoms with E-state index >= 15 is 0 Å². The Morgan fingerprint density at radius 3 is 0.875 bits per heavy atom. The molecule has 0 aliphatic rings. The molecule has 7 nitrogen and oxygen atoms in total. The van der Waals surface area contributed by atoms with Crippen LogP contribution in [-0.2, 0) is 19.2 Å². The molecule has 0 aliphatic carbocycles. The van der Waals surface area contributed by atoms with E-state index in [-0.39, 0.29) is 29.6 Å². The number of carboxylic acid groups (broad SMARTS) is 2. The van der Waals surface area contributed by atoms with Gasteiger partial charge in [-0.05, 0) is 13.8 Å². The third-order valence-electron chi connectivity index (χ3n) is 0.315. The van der Waals surface area contributed by atoms with Crippen molar-refractivity contribution in [2.75, 3.05) is 0 Å². The van der Waals surface area contributed by atoms with Crippen LogP contribution in [0.1, 0.15) is 27.7 Å². The molecule has 2 N–H and O–H groups in total. The number of carboxylic acids is 2. The van der Waals surface area contributed by atoms with Crippen molar-refractivity contribution in [3.05, 3.63) is 5.32 Å². The predicted octanol–water partition coefficient (Wildman–Crippen LogP) is -2.36. The molecule has 0 atom stereocenters. The number of carbonyl (C=O) groups excluding carboxylic acids is 2. The molecular formula is C8H14NNaO6. The van der Waals surface area contributed by atoms with E-state index in [4.69, 9.17) is 19.8 Å². The summed E-state index contributed by atoms with van der Waals surface area (Å²) in [6.07, 6.45) is 0. The van der Waals surface area contributed by atoms with Crippen LogP contribution in [-0.4, -0.2) is 34.0 Å². The Bertz CT molecular complexity index is 209. The van der Waals surface area contributed by atoms with Gasteiger partial charge in [0.05, 0.1) is 11.8 Å². The average molecular weight is 243 g/mol. The summed E-state index contributed by atoms with van der Waals surface area (Å²) in [4.78, 5) is 37.7. The van der Waals surface area contributed by atoms with E-state index in [0.717, 1.165) is 13.8 Å². The second-order valence-electron chi connectivity index (χ2n) is 2.19. The van der Waals surface area contributed by atoms with Gasteiger partial charge in [-0.15, -0.1) is 0 Å². The summed E-state index contributed by atoms with van der Waals surface area (Å²) < 4.78 is 0. The van der Waals surface area contributed by atoms with Crippen LogP contribution >= 0.6 is 0 Å². The van der Waals surface area contributed by atoms with Gasteiger partial charge in [-0.3, -0.25) is 9.59 Å². The molecule has 8 heteroatoms. The van der Waals surface area contributed by atoms with E-state index in [9.17, 15) is 9.59 Å². The molecule has 0 rings (SSSR count).